The van der Waals surface area contributed by atoms with Gasteiger partial charge >= 0.3 is 11.9 Å². The molecule has 0 radical (unpaired) electrons. The highest BCUT2D eigenvalue weighted by molar-refractivity contribution is 7.09. The van der Waals surface area contributed by atoms with Crippen LogP contribution in [0.15, 0.2) is 60.1 Å². The van der Waals surface area contributed by atoms with Crippen molar-refractivity contribution in [3.8, 4) is 5.75 Å². The van der Waals surface area contributed by atoms with Gasteiger partial charge in [-0.3, -0.25) is 9.59 Å². The van der Waals surface area contributed by atoms with Crippen LogP contribution in [0.1, 0.15) is 59.7 Å². The van der Waals surface area contributed by atoms with Crippen molar-refractivity contribution in [3.63, 3.8) is 0 Å². The molecule has 1 saturated heterocycles. The minimum Gasteiger partial charge on any atom is -0.496 e. The molecule has 1 amide bonds. The maximum atomic E-state index is 14.3. The predicted molar refractivity (Wildman–Crippen MR) is 139 cm³/mol. The molecule has 1 aliphatic rings. The van der Waals surface area contributed by atoms with Gasteiger partial charge in [0.1, 0.15) is 16.3 Å². The van der Waals surface area contributed by atoms with Gasteiger partial charge in [0.2, 0.25) is 0 Å². The third-order valence-electron chi connectivity index (χ3n) is 6.91. The van der Waals surface area contributed by atoms with E-state index in [4.69, 9.17) is 4.74 Å². The Balaban J connectivity index is 1.92. The van der Waals surface area contributed by atoms with E-state index in [1.807, 2.05) is 26.8 Å². The zero-order valence-electron chi connectivity index (χ0n) is 21.2. The first-order valence-electron chi connectivity index (χ1n) is 11.9. The van der Waals surface area contributed by atoms with Crippen molar-refractivity contribution in [2.75, 3.05) is 7.11 Å². The van der Waals surface area contributed by atoms with Gasteiger partial charge in [0, 0.05) is 23.6 Å². The van der Waals surface area contributed by atoms with Gasteiger partial charge in [-0.2, -0.15) is 0 Å². The molecule has 0 bridgehead atoms. The largest absolute Gasteiger partial charge is 0.496 e. The SMILES string of the molecule is COc1cc(C(=O)N2[C@@H](c3nccs3)[C@@H](C(=O)O)C[C@@]2(Cc2ccccc2)C(=O)O)ccc1C(C)(C)C. The molecule has 0 unspecified atom stereocenters. The van der Waals surface area contributed by atoms with Crippen molar-refractivity contribution in [1.29, 1.82) is 0 Å². The summed E-state index contributed by atoms with van der Waals surface area (Å²) in [4.78, 5) is 45.3. The Morgan fingerprint density at radius 3 is 2.38 bits per heavy atom. The van der Waals surface area contributed by atoms with Gasteiger partial charge in [-0.15, -0.1) is 11.3 Å². The fourth-order valence-corrected chi connectivity index (χ4v) is 5.96. The second kappa shape index (κ2) is 9.97. The number of carboxylic acids is 2. The molecule has 1 aliphatic heterocycles. The van der Waals surface area contributed by atoms with E-state index in [0.717, 1.165) is 5.56 Å². The molecular weight excluding hydrogens is 492 g/mol. The van der Waals surface area contributed by atoms with Crippen molar-refractivity contribution in [1.82, 2.24) is 9.88 Å². The van der Waals surface area contributed by atoms with Crippen LogP contribution in [-0.4, -0.2) is 50.6 Å². The molecule has 3 aromatic rings. The molecule has 1 aromatic heterocycles. The highest BCUT2D eigenvalue weighted by Gasteiger charge is 2.61. The van der Waals surface area contributed by atoms with E-state index >= 15 is 0 Å². The van der Waals surface area contributed by atoms with Gasteiger partial charge in [0.05, 0.1) is 19.1 Å². The summed E-state index contributed by atoms with van der Waals surface area (Å²) in [5.74, 6) is -3.66. The second-order valence-corrected chi connectivity index (χ2v) is 11.2. The molecule has 1 fully saturated rings. The lowest BCUT2D eigenvalue weighted by Gasteiger charge is -2.38. The number of carbonyl (C=O) groups excluding carboxylic acids is 1. The molecule has 0 saturated carbocycles. The Bertz CT molecular complexity index is 1300. The lowest BCUT2D eigenvalue weighted by molar-refractivity contribution is -0.149. The molecule has 0 aliphatic carbocycles. The number of amides is 1. The number of rotatable bonds is 7. The van der Waals surface area contributed by atoms with Crippen LogP contribution in [0.25, 0.3) is 0 Å². The number of hydrogen-bond donors (Lipinski definition) is 2. The Morgan fingerprint density at radius 1 is 1.14 bits per heavy atom. The lowest BCUT2D eigenvalue weighted by atomic mass is 9.84. The van der Waals surface area contributed by atoms with E-state index in [-0.39, 0.29) is 23.8 Å². The number of nitrogens with zero attached hydrogens (tertiary/aromatic N) is 2. The third kappa shape index (κ3) is 4.83. The number of ether oxygens (including phenoxy) is 1. The molecule has 2 aromatic carbocycles. The van der Waals surface area contributed by atoms with E-state index in [9.17, 15) is 24.6 Å². The van der Waals surface area contributed by atoms with E-state index in [1.165, 1.54) is 29.5 Å². The van der Waals surface area contributed by atoms with Gasteiger partial charge in [0.25, 0.3) is 5.91 Å². The van der Waals surface area contributed by atoms with Crippen LogP contribution >= 0.6 is 11.3 Å². The minimum atomic E-state index is -1.80. The summed E-state index contributed by atoms with van der Waals surface area (Å²) in [6, 6.07) is 13.0. The predicted octanol–water partition coefficient (Wildman–Crippen LogP) is 4.80. The van der Waals surface area contributed by atoms with Gasteiger partial charge in [-0.25, -0.2) is 9.78 Å². The fourth-order valence-electron chi connectivity index (χ4n) is 5.17. The van der Waals surface area contributed by atoms with Crippen LogP contribution in [0.2, 0.25) is 0 Å². The number of thiazole rings is 1. The Morgan fingerprint density at radius 2 is 1.84 bits per heavy atom. The topological polar surface area (TPSA) is 117 Å². The first-order valence-corrected chi connectivity index (χ1v) is 12.8. The first-order chi connectivity index (χ1) is 17.5. The van der Waals surface area contributed by atoms with Crippen LogP contribution < -0.4 is 4.74 Å². The molecule has 9 heteroatoms. The number of carboxylic acid groups (broad SMARTS) is 2. The maximum Gasteiger partial charge on any atom is 0.330 e. The molecule has 0 spiro atoms. The quantitative estimate of drug-likeness (QED) is 0.458. The van der Waals surface area contributed by atoms with Crippen molar-refractivity contribution in [2.24, 2.45) is 5.92 Å². The van der Waals surface area contributed by atoms with Crippen molar-refractivity contribution >= 4 is 29.2 Å². The number of aliphatic carboxylic acids is 2. The molecule has 194 valence electrons. The van der Waals surface area contributed by atoms with Gasteiger partial charge in [0.15, 0.2) is 0 Å². The summed E-state index contributed by atoms with van der Waals surface area (Å²) < 4.78 is 5.59. The Hall–Kier alpha value is -3.72. The first kappa shape index (κ1) is 26.3. The van der Waals surface area contributed by atoms with Gasteiger partial charge in [-0.1, -0.05) is 57.2 Å². The van der Waals surface area contributed by atoms with Crippen LogP contribution in [0.5, 0.6) is 5.75 Å². The van der Waals surface area contributed by atoms with Crippen molar-refractivity contribution in [2.45, 2.75) is 50.6 Å². The van der Waals surface area contributed by atoms with Gasteiger partial charge < -0.3 is 19.8 Å². The normalized spacial score (nSPS) is 21.6. The number of methoxy groups -OCH3 is 1. The summed E-state index contributed by atoms with van der Waals surface area (Å²) in [6.45, 7) is 6.08. The van der Waals surface area contributed by atoms with Crippen LogP contribution in [-0.2, 0) is 21.4 Å². The molecule has 3 atom stereocenters. The fraction of sp³-hybridized carbons (Fsp3) is 0.357. The standard InChI is InChI=1S/C28H30N2O6S/c1-27(2,3)20-11-10-18(14-21(20)36-4)24(31)30-22(23-29-12-13-37-23)19(25(32)33)16-28(30,26(34)35)15-17-8-6-5-7-9-17/h5-14,19,22H,15-16H2,1-4H3,(H,32,33)(H,34,35)/t19-,22+,28-/m0/s1. The summed E-state index contributed by atoms with van der Waals surface area (Å²) in [7, 11) is 1.52. The smallest absolute Gasteiger partial charge is 0.330 e. The Labute approximate surface area is 219 Å². The average molecular weight is 523 g/mol. The molecule has 2 N–H and O–H groups in total. The summed E-state index contributed by atoms with van der Waals surface area (Å²) >= 11 is 1.20. The highest BCUT2D eigenvalue weighted by atomic mass is 32.1. The number of hydrogen-bond acceptors (Lipinski definition) is 6. The Kier molecular flexibility index (Phi) is 7.10. The molecular formula is C28H30N2O6S. The molecule has 4 rings (SSSR count). The maximum absolute atomic E-state index is 14.3. The van der Waals surface area contributed by atoms with Crippen LogP contribution in [0.4, 0.5) is 0 Å². The lowest BCUT2D eigenvalue weighted by Crippen LogP contribution is -2.55. The van der Waals surface area contributed by atoms with Crippen LogP contribution in [0, 0.1) is 5.92 Å². The monoisotopic (exact) mass is 522 g/mol. The molecule has 2 heterocycles. The van der Waals surface area contributed by atoms with E-state index in [1.54, 1.807) is 47.8 Å². The average Bonchev–Trinajstić information content (AvgIpc) is 3.50. The summed E-state index contributed by atoms with van der Waals surface area (Å²) in [5.41, 5.74) is -0.255. The molecule has 8 nitrogen and oxygen atoms in total. The second-order valence-electron chi connectivity index (χ2n) is 10.3. The number of carbonyl (C=O) groups is 3. The minimum absolute atomic E-state index is 0.0439. The van der Waals surface area contributed by atoms with E-state index < -0.39 is 35.3 Å². The number of likely N-dealkylation sites (tertiary alicyclic amines) is 1. The molecule has 37 heavy (non-hydrogen) atoms. The summed E-state index contributed by atoms with van der Waals surface area (Å²) in [6.07, 6.45) is 1.23. The zero-order valence-corrected chi connectivity index (χ0v) is 22.0. The van der Waals surface area contributed by atoms with E-state index in [2.05, 4.69) is 4.98 Å². The van der Waals surface area contributed by atoms with Crippen LogP contribution in [0.3, 0.4) is 0 Å². The number of aromatic nitrogens is 1. The van der Waals surface area contributed by atoms with E-state index in [0.29, 0.717) is 16.3 Å². The van der Waals surface area contributed by atoms with Gasteiger partial charge in [-0.05, 0) is 35.1 Å². The van der Waals surface area contributed by atoms with Crippen molar-refractivity contribution < 1.29 is 29.3 Å². The third-order valence-corrected chi connectivity index (χ3v) is 7.76. The zero-order chi connectivity index (χ0) is 27.0. The van der Waals surface area contributed by atoms with Crippen molar-refractivity contribution in [3.05, 3.63) is 81.8 Å². The summed E-state index contributed by atoms with van der Waals surface area (Å²) in [5, 5.41) is 22.9. The highest BCUT2D eigenvalue weighted by Crippen LogP contribution is 2.50. The number of benzene rings is 2.